The van der Waals surface area contributed by atoms with Crippen LogP contribution in [-0.4, -0.2) is 18.3 Å². The van der Waals surface area contributed by atoms with Crippen molar-refractivity contribution in [1.82, 2.24) is 0 Å². The molecule has 0 unspecified atom stereocenters. The lowest BCUT2D eigenvalue weighted by Gasteiger charge is -2.09. The van der Waals surface area contributed by atoms with Crippen LogP contribution in [0.15, 0.2) is 72.8 Å². The van der Waals surface area contributed by atoms with E-state index < -0.39 is 0 Å². The van der Waals surface area contributed by atoms with Gasteiger partial charge in [0.25, 0.3) is 5.91 Å². The largest absolute Gasteiger partial charge is 0.484 e. The minimum atomic E-state index is -0.283. The van der Waals surface area contributed by atoms with E-state index in [1.165, 1.54) is 0 Å². The summed E-state index contributed by atoms with van der Waals surface area (Å²) in [6.45, 7) is 3.89. The first-order valence-electron chi connectivity index (χ1n) is 8.72. The first kappa shape index (κ1) is 18.4. The van der Waals surface area contributed by atoms with Crippen LogP contribution >= 0.6 is 0 Å². The van der Waals surface area contributed by atoms with Gasteiger partial charge in [0.1, 0.15) is 5.75 Å². The van der Waals surface area contributed by atoms with Crippen molar-refractivity contribution in [1.29, 1.82) is 0 Å². The molecule has 0 atom stereocenters. The minimum absolute atomic E-state index is 0.0743. The van der Waals surface area contributed by atoms with Crippen molar-refractivity contribution in [3.8, 4) is 5.75 Å². The molecule has 1 N–H and O–H groups in total. The molecule has 3 aromatic carbocycles. The minimum Gasteiger partial charge on any atom is -0.484 e. The van der Waals surface area contributed by atoms with Crippen LogP contribution in [0, 0.1) is 13.8 Å². The van der Waals surface area contributed by atoms with Gasteiger partial charge in [-0.15, -0.1) is 0 Å². The van der Waals surface area contributed by atoms with Gasteiger partial charge in [-0.2, -0.15) is 0 Å². The molecular formula is C23H21NO3. The number of nitrogens with one attached hydrogen (secondary N) is 1. The third-order valence-electron chi connectivity index (χ3n) is 4.29. The number of rotatable bonds is 6. The highest BCUT2D eigenvalue weighted by molar-refractivity contribution is 6.09. The average molecular weight is 359 g/mol. The fraction of sp³-hybridized carbons (Fsp3) is 0.130. The SMILES string of the molecule is Cc1ccc(C(=O)c2cccc(NC(=O)COc3ccccc3)c2)cc1C. The molecule has 3 aromatic rings. The Kier molecular flexibility index (Phi) is 5.67. The Balaban J connectivity index is 1.66. The van der Waals surface area contributed by atoms with Crippen LogP contribution in [0.5, 0.6) is 5.75 Å². The maximum atomic E-state index is 12.7. The van der Waals surface area contributed by atoms with Crippen molar-refractivity contribution >= 4 is 17.4 Å². The predicted molar refractivity (Wildman–Crippen MR) is 106 cm³/mol. The molecule has 0 aromatic heterocycles. The third kappa shape index (κ3) is 4.82. The van der Waals surface area contributed by atoms with Crippen molar-refractivity contribution in [3.05, 3.63) is 95.1 Å². The van der Waals surface area contributed by atoms with Crippen LogP contribution in [0.2, 0.25) is 0 Å². The second-order valence-corrected chi connectivity index (χ2v) is 6.36. The van der Waals surface area contributed by atoms with Gasteiger partial charge in [-0.1, -0.05) is 42.5 Å². The zero-order valence-electron chi connectivity index (χ0n) is 15.4. The topological polar surface area (TPSA) is 55.4 Å². The van der Waals surface area contributed by atoms with E-state index in [0.717, 1.165) is 11.1 Å². The number of carbonyl (C=O) groups is 2. The number of ketones is 1. The molecule has 3 rings (SSSR count). The number of carbonyl (C=O) groups excluding carboxylic acids is 2. The first-order valence-corrected chi connectivity index (χ1v) is 8.72. The zero-order chi connectivity index (χ0) is 19.2. The molecule has 136 valence electrons. The van der Waals surface area contributed by atoms with E-state index in [1.807, 2.05) is 50.2 Å². The Labute approximate surface area is 158 Å². The monoisotopic (exact) mass is 359 g/mol. The summed E-state index contributed by atoms with van der Waals surface area (Å²) in [4.78, 5) is 24.8. The smallest absolute Gasteiger partial charge is 0.262 e. The van der Waals surface area contributed by atoms with Gasteiger partial charge in [0.15, 0.2) is 12.4 Å². The highest BCUT2D eigenvalue weighted by atomic mass is 16.5. The number of amides is 1. The standard InChI is InChI=1S/C23H21NO3/c1-16-11-12-19(13-17(16)2)23(26)18-7-6-8-20(14-18)24-22(25)15-27-21-9-4-3-5-10-21/h3-14H,15H2,1-2H3,(H,24,25). The summed E-state index contributed by atoms with van der Waals surface area (Å²) in [6, 6.07) is 21.7. The number of anilines is 1. The van der Waals surface area contributed by atoms with E-state index in [1.54, 1.807) is 36.4 Å². The Morgan fingerprint density at radius 2 is 1.56 bits per heavy atom. The number of ether oxygens (including phenoxy) is 1. The molecular weight excluding hydrogens is 338 g/mol. The van der Waals surface area contributed by atoms with E-state index in [-0.39, 0.29) is 18.3 Å². The molecule has 0 heterocycles. The lowest BCUT2D eigenvalue weighted by Crippen LogP contribution is -2.20. The summed E-state index contributed by atoms with van der Waals surface area (Å²) in [5.74, 6) is 0.274. The number of para-hydroxylation sites is 1. The Bertz CT molecular complexity index is 964. The van der Waals surface area contributed by atoms with E-state index in [0.29, 0.717) is 22.6 Å². The zero-order valence-corrected chi connectivity index (χ0v) is 15.4. The van der Waals surface area contributed by atoms with Gasteiger partial charge in [0.05, 0.1) is 0 Å². The van der Waals surface area contributed by atoms with Crippen molar-refractivity contribution < 1.29 is 14.3 Å². The van der Waals surface area contributed by atoms with Crippen molar-refractivity contribution in [2.24, 2.45) is 0 Å². The molecule has 0 radical (unpaired) electrons. The number of aryl methyl sites for hydroxylation is 2. The maximum absolute atomic E-state index is 12.7. The van der Waals surface area contributed by atoms with Crippen molar-refractivity contribution in [2.45, 2.75) is 13.8 Å². The molecule has 0 aliphatic rings. The highest BCUT2D eigenvalue weighted by Crippen LogP contribution is 2.17. The van der Waals surface area contributed by atoms with Crippen LogP contribution < -0.4 is 10.1 Å². The van der Waals surface area contributed by atoms with E-state index in [4.69, 9.17) is 4.74 Å². The van der Waals surface area contributed by atoms with Gasteiger partial charge in [-0.25, -0.2) is 0 Å². The van der Waals surface area contributed by atoms with Crippen LogP contribution in [-0.2, 0) is 4.79 Å². The van der Waals surface area contributed by atoms with Gasteiger partial charge in [-0.3, -0.25) is 9.59 Å². The second-order valence-electron chi connectivity index (χ2n) is 6.36. The summed E-state index contributed by atoms with van der Waals surface area (Å²) in [5.41, 5.74) is 3.94. The van der Waals surface area contributed by atoms with Crippen LogP contribution in [0.4, 0.5) is 5.69 Å². The fourth-order valence-corrected chi connectivity index (χ4v) is 2.65. The highest BCUT2D eigenvalue weighted by Gasteiger charge is 2.11. The molecule has 0 spiro atoms. The molecule has 4 heteroatoms. The summed E-state index contributed by atoms with van der Waals surface area (Å²) in [5, 5.41) is 2.76. The third-order valence-corrected chi connectivity index (χ3v) is 4.29. The van der Waals surface area contributed by atoms with Crippen LogP contribution in [0.1, 0.15) is 27.0 Å². The Morgan fingerprint density at radius 3 is 2.30 bits per heavy atom. The van der Waals surface area contributed by atoms with E-state index in [2.05, 4.69) is 5.32 Å². The normalized spacial score (nSPS) is 10.3. The fourth-order valence-electron chi connectivity index (χ4n) is 2.65. The number of benzene rings is 3. The average Bonchev–Trinajstić information content (AvgIpc) is 2.69. The second kappa shape index (κ2) is 8.32. The van der Waals surface area contributed by atoms with Crippen LogP contribution in [0.25, 0.3) is 0 Å². The lowest BCUT2D eigenvalue weighted by atomic mass is 9.99. The van der Waals surface area contributed by atoms with E-state index in [9.17, 15) is 9.59 Å². The number of hydrogen-bond acceptors (Lipinski definition) is 3. The molecule has 0 saturated carbocycles. The van der Waals surface area contributed by atoms with Gasteiger partial charge >= 0.3 is 0 Å². The van der Waals surface area contributed by atoms with Gasteiger partial charge in [-0.05, 0) is 55.3 Å². The molecule has 0 bridgehead atoms. The quantitative estimate of drug-likeness (QED) is 0.657. The summed E-state index contributed by atoms with van der Waals surface area (Å²) >= 11 is 0. The summed E-state index contributed by atoms with van der Waals surface area (Å²) in [7, 11) is 0. The lowest BCUT2D eigenvalue weighted by molar-refractivity contribution is -0.118. The molecule has 1 amide bonds. The van der Waals surface area contributed by atoms with Crippen LogP contribution in [0.3, 0.4) is 0 Å². The van der Waals surface area contributed by atoms with Crippen molar-refractivity contribution in [3.63, 3.8) is 0 Å². The molecule has 27 heavy (non-hydrogen) atoms. The predicted octanol–water partition coefficient (Wildman–Crippen LogP) is 4.55. The Morgan fingerprint density at radius 1 is 0.815 bits per heavy atom. The van der Waals surface area contributed by atoms with E-state index >= 15 is 0 Å². The van der Waals surface area contributed by atoms with Gasteiger partial charge < -0.3 is 10.1 Å². The first-order chi connectivity index (χ1) is 13.0. The summed E-state index contributed by atoms with van der Waals surface area (Å²) < 4.78 is 5.43. The van der Waals surface area contributed by atoms with Gasteiger partial charge in [0, 0.05) is 16.8 Å². The van der Waals surface area contributed by atoms with Crippen molar-refractivity contribution in [2.75, 3.05) is 11.9 Å². The number of hydrogen-bond donors (Lipinski definition) is 1. The molecule has 0 saturated heterocycles. The van der Waals surface area contributed by atoms with Gasteiger partial charge in [0.2, 0.25) is 0 Å². The Hall–Kier alpha value is -3.40. The summed E-state index contributed by atoms with van der Waals surface area (Å²) in [6.07, 6.45) is 0. The molecule has 0 aliphatic heterocycles. The molecule has 4 nitrogen and oxygen atoms in total. The maximum Gasteiger partial charge on any atom is 0.262 e. The molecule has 0 fully saturated rings. The molecule has 0 aliphatic carbocycles.